The van der Waals surface area contributed by atoms with E-state index >= 15 is 0 Å². The van der Waals surface area contributed by atoms with Gasteiger partial charge >= 0.3 is 0 Å². The van der Waals surface area contributed by atoms with E-state index in [9.17, 15) is 19.7 Å². The van der Waals surface area contributed by atoms with Crippen LogP contribution in [0.2, 0.25) is 5.02 Å². The molecule has 0 saturated carbocycles. The molecule has 0 fully saturated rings. The van der Waals surface area contributed by atoms with Gasteiger partial charge in [0.25, 0.3) is 11.6 Å². The van der Waals surface area contributed by atoms with Gasteiger partial charge in [-0.25, -0.2) is 5.43 Å². The number of carbonyl (C=O) groups excluding carboxylic acids is 2. The van der Waals surface area contributed by atoms with Gasteiger partial charge in [-0.2, -0.15) is 5.10 Å². The molecule has 0 radical (unpaired) electrons. The maximum absolute atomic E-state index is 12.2. The highest BCUT2D eigenvalue weighted by Gasteiger charge is 2.17. The first-order valence-electron chi connectivity index (χ1n) is 7.85. The molecular weight excluding hydrogens is 424 g/mol. The number of benzene rings is 1. The van der Waals surface area contributed by atoms with Gasteiger partial charge in [-0.05, 0) is 24.3 Å². The van der Waals surface area contributed by atoms with E-state index in [4.69, 9.17) is 16.0 Å². The molecular formula is C16H11ClN6O5S. The number of nitro groups is 1. The Kier molecular flexibility index (Phi) is 6.26. The highest BCUT2D eigenvalue weighted by Crippen LogP contribution is 2.25. The Morgan fingerprint density at radius 2 is 2.17 bits per heavy atom. The SMILES string of the molecule is O=C(Cc1nnc(NC(=O)c2ccc([N+](=O)[O-])c(Cl)c2)s1)N/N=C\c1ccco1. The molecule has 2 aromatic heterocycles. The summed E-state index contributed by atoms with van der Waals surface area (Å²) in [5.74, 6) is -0.515. The number of amides is 2. The Hall–Kier alpha value is -3.64. The summed E-state index contributed by atoms with van der Waals surface area (Å²) in [6.07, 6.45) is 2.73. The standard InChI is InChI=1S/C16H11ClN6O5S/c17-11-6-9(3-4-12(11)23(26)27)15(25)19-16-22-21-14(29-16)7-13(24)20-18-8-10-2-1-5-28-10/h1-6,8H,7H2,(H,20,24)(H,19,22,25)/b18-8-. The highest BCUT2D eigenvalue weighted by molar-refractivity contribution is 7.15. The predicted molar refractivity (Wildman–Crippen MR) is 104 cm³/mol. The molecule has 2 amide bonds. The van der Waals surface area contributed by atoms with Crippen LogP contribution in [-0.2, 0) is 11.2 Å². The molecule has 0 unspecified atom stereocenters. The van der Waals surface area contributed by atoms with Crippen molar-refractivity contribution in [1.29, 1.82) is 0 Å². The molecule has 0 aliphatic rings. The minimum atomic E-state index is -0.648. The molecule has 3 aromatic rings. The number of nitrogens with one attached hydrogen (secondary N) is 2. The molecule has 29 heavy (non-hydrogen) atoms. The number of nitrogens with zero attached hydrogens (tertiary/aromatic N) is 4. The second-order valence-electron chi connectivity index (χ2n) is 5.36. The predicted octanol–water partition coefficient (Wildman–Crippen LogP) is 2.64. The maximum atomic E-state index is 12.2. The Morgan fingerprint density at radius 3 is 2.86 bits per heavy atom. The first-order valence-corrected chi connectivity index (χ1v) is 9.05. The van der Waals surface area contributed by atoms with Crippen LogP contribution >= 0.6 is 22.9 Å². The van der Waals surface area contributed by atoms with Crippen molar-refractivity contribution in [2.45, 2.75) is 6.42 Å². The lowest BCUT2D eigenvalue weighted by Gasteiger charge is -2.02. The lowest BCUT2D eigenvalue weighted by Crippen LogP contribution is -2.19. The van der Waals surface area contributed by atoms with E-state index < -0.39 is 16.7 Å². The zero-order valence-electron chi connectivity index (χ0n) is 14.4. The molecule has 0 aliphatic heterocycles. The molecule has 3 rings (SSSR count). The van der Waals surface area contributed by atoms with E-state index in [-0.39, 0.29) is 27.8 Å². The van der Waals surface area contributed by atoms with Gasteiger partial charge in [-0.3, -0.25) is 25.0 Å². The summed E-state index contributed by atoms with van der Waals surface area (Å²) in [4.78, 5) is 34.2. The van der Waals surface area contributed by atoms with Crippen molar-refractivity contribution >= 4 is 51.8 Å². The van der Waals surface area contributed by atoms with E-state index in [1.807, 2.05) is 0 Å². The van der Waals surface area contributed by atoms with Crippen molar-refractivity contribution in [3.05, 3.63) is 68.1 Å². The van der Waals surface area contributed by atoms with Crippen LogP contribution in [0.3, 0.4) is 0 Å². The van der Waals surface area contributed by atoms with Gasteiger partial charge in [0.1, 0.15) is 15.8 Å². The molecule has 0 saturated heterocycles. The normalized spacial score (nSPS) is 10.8. The smallest absolute Gasteiger partial charge is 0.287 e. The van der Waals surface area contributed by atoms with Crippen molar-refractivity contribution in [2.75, 3.05) is 5.32 Å². The van der Waals surface area contributed by atoms with Gasteiger partial charge in [0.05, 0.1) is 23.8 Å². The van der Waals surface area contributed by atoms with Crippen molar-refractivity contribution in [3.8, 4) is 0 Å². The average Bonchev–Trinajstić information content (AvgIpc) is 3.33. The van der Waals surface area contributed by atoms with Crippen molar-refractivity contribution in [2.24, 2.45) is 5.10 Å². The van der Waals surface area contributed by atoms with Crippen molar-refractivity contribution in [3.63, 3.8) is 0 Å². The number of hydrogen-bond acceptors (Lipinski definition) is 9. The maximum Gasteiger partial charge on any atom is 0.287 e. The minimum Gasteiger partial charge on any atom is -0.463 e. The van der Waals surface area contributed by atoms with Crippen LogP contribution < -0.4 is 10.7 Å². The third-order valence-corrected chi connectivity index (χ3v) is 4.47. The number of rotatable bonds is 7. The minimum absolute atomic E-state index is 0.0909. The topological polar surface area (TPSA) is 153 Å². The molecule has 0 aliphatic carbocycles. The third-order valence-electron chi connectivity index (χ3n) is 3.33. The first-order chi connectivity index (χ1) is 13.9. The van der Waals surface area contributed by atoms with Gasteiger partial charge in [-0.15, -0.1) is 10.2 Å². The number of carbonyl (C=O) groups is 2. The van der Waals surface area contributed by atoms with E-state index in [1.54, 1.807) is 12.1 Å². The number of anilines is 1. The number of nitro benzene ring substituents is 1. The lowest BCUT2D eigenvalue weighted by molar-refractivity contribution is -0.384. The molecule has 1 aromatic carbocycles. The summed E-state index contributed by atoms with van der Waals surface area (Å²) in [5, 5.41) is 25.0. The van der Waals surface area contributed by atoms with Crippen molar-refractivity contribution in [1.82, 2.24) is 15.6 Å². The summed E-state index contributed by atoms with van der Waals surface area (Å²) in [7, 11) is 0. The summed E-state index contributed by atoms with van der Waals surface area (Å²) < 4.78 is 5.03. The van der Waals surface area contributed by atoms with Crippen LogP contribution in [0.15, 0.2) is 46.1 Å². The number of hydrogen-bond donors (Lipinski definition) is 2. The fourth-order valence-corrected chi connectivity index (χ4v) is 3.03. The highest BCUT2D eigenvalue weighted by atomic mass is 35.5. The van der Waals surface area contributed by atoms with E-state index in [0.717, 1.165) is 17.4 Å². The van der Waals surface area contributed by atoms with E-state index in [2.05, 4.69) is 26.0 Å². The third kappa shape index (κ3) is 5.43. The Labute approximate surface area is 171 Å². The van der Waals surface area contributed by atoms with Crippen LogP contribution in [0.1, 0.15) is 21.1 Å². The number of aromatic nitrogens is 2. The van der Waals surface area contributed by atoms with E-state index in [0.29, 0.717) is 10.8 Å². The van der Waals surface area contributed by atoms with Gasteiger partial charge in [0.2, 0.25) is 11.0 Å². The van der Waals surface area contributed by atoms with Crippen molar-refractivity contribution < 1.29 is 18.9 Å². The van der Waals surface area contributed by atoms with Gasteiger partial charge < -0.3 is 4.42 Å². The average molecular weight is 435 g/mol. The number of hydrazone groups is 1. The second-order valence-corrected chi connectivity index (χ2v) is 6.83. The zero-order chi connectivity index (χ0) is 20.8. The molecule has 148 valence electrons. The molecule has 0 atom stereocenters. The van der Waals surface area contributed by atoms with Gasteiger partial charge in [-0.1, -0.05) is 22.9 Å². The summed E-state index contributed by atoms with van der Waals surface area (Å²) >= 11 is 6.80. The zero-order valence-corrected chi connectivity index (χ0v) is 15.9. The van der Waals surface area contributed by atoms with Gasteiger partial charge in [0.15, 0.2) is 0 Å². The molecule has 13 heteroatoms. The lowest BCUT2D eigenvalue weighted by atomic mass is 10.2. The van der Waals surface area contributed by atoms with Crippen LogP contribution in [0, 0.1) is 10.1 Å². The molecule has 0 spiro atoms. The van der Waals surface area contributed by atoms with Crippen LogP contribution in [0.4, 0.5) is 10.8 Å². The van der Waals surface area contributed by atoms with E-state index in [1.165, 1.54) is 24.6 Å². The second kappa shape index (κ2) is 9.03. The largest absolute Gasteiger partial charge is 0.463 e. The Bertz CT molecular complexity index is 1080. The molecule has 2 heterocycles. The van der Waals surface area contributed by atoms with Crippen LogP contribution in [-0.4, -0.2) is 33.1 Å². The quantitative estimate of drug-likeness (QED) is 0.329. The van der Waals surface area contributed by atoms with Gasteiger partial charge in [0, 0.05) is 11.6 Å². The molecule has 11 nitrogen and oxygen atoms in total. The summed E-state index contributed by atoms with van der Waals surface area (Å²) in [6.45, 7) is 0. The number of halogens is 1. The summed E-state index contributed by atoms with van der Waals surface area (Å²) in [5.41, 5.74) is 2.13. The Morgan fingerprint density at radius 1 is 1.34 bits per heavy atom. The van der Waals surface area contributed by atoms with Crippen LogP contribution in [0.5, 0.6) is 0 Å². The fourth-order valence-electron chi connectivity index (χ4n) is 2.05. The monoisotopic (exact) mass is 434 g/mol. The molecule has 0 bridgehead atoms. The fraction of sp³-hybridized carbons (Fsp3) is 0.0625. The first kappa shape index (κ1) is 20.1. The molecule has 2 N–H and O–H groups in total. The number of furan rings is 1. The summed E-state index contributed by atoms with van der Waals surface area (Å²) in [6, 6.07) is 6.95. The Balaban J connectivity index is 1.55. The van der Waals surface area contributed by atoms with Crippen LogP contribution in [0.25, 0.3) is 0 Å².